The molecule has 1 N–H and O–H groups in total. The van der Waals surface area contributed by atoms with Crippen LogP contribution in [0.2, 0.25) is 5.15 Å². The number of hydrogen-bond acceptors (Lipinski definition) is 3. The van der Waals surface area contributed by atoms with Crippen LogP contribution in [-0.2, 0) is 0 Å². The summed E-state index contributed by atoms with van der Waals surface area (Å²) in [5.74, 6) is -2.24. The maximum atomic E-state index is 12.2. The summed E-state index contributed by atoms with van der Waals surface area (Å²) in [6.45, 7) is 0. The Bertz CT molecular complexity index is 395. The van der Waals surface area contributed by atoms with Gasteiger partial charge in [0.25, 0.3) is 6.43 Å². The predicted octanol–water partition coefficient (Wildman–Crippen LogP) is 3.28. The van der Waals surface area contributed by atoms with Gasteiger partial charge >= 0.3 is 6.36 Å². The van der Waals surface area contributed by atoms with E-state index in [9.17, 15) is 22.0 Å². The topological polar surface area (TPSA) is 42.4 Å². The standard InChI is InChI=1S/C7H3ClF5NO2/c8-5-4(15)2(6(9)10)1-3(14-5)16-7(11,12)13/h1,6,15H. The molecule has 0 bridgehead atoms. The summed E-state index contributed by atoms with van der Waals surface area (Å²) in [4.78, 5) is 2.94. The van der Waals surface area contributed by atoms with E-state index in [4.69, 9.17) is 16.7 Å². The Hall–Kier alpha value is -1.31. The fraction of sp³-hybridized carbons (Fsp3) is 0.286. The fourth-order valence-electron chi connectivity index (χ4n) is 0.840. The number of aromatic hydroxyl groups is 1. The van der Waals surface area contributed by atoms with E-state index in [1.807, 2.05) is 0 Å². The number of alkyl halides is 5. The van der Waals surface area contributed by atoms with Gasteiger partial charge in [-0.2, -0.15) is 4.98 Å². The lowest BCUT2D eigenvalue weighted by atomic mass is 10.2. The number of hydrogen-bond donors (Lipinski definition) is 1. The van der Waals surface area contributed by atoms with Crippen molar-refractivity contribution in [3.63, 3.8) is 0 Å². The zero-order chi connectivity index (χ0) is 12.5. The molecule has 1 heterocycles. The van der Waals surface area contributed by atoms with Crippen molar-refractivity contribution >= 4 is 11.6 Å². The maximum absolute atomic E-state index is 12.2. The zero-order valence-electron chi connectivity index (χ0n) is 7.23. The molecule has 1 rings (SSSR count). The van der Waals surface area contributed by atoms with Gasteiger partial charge in [-0.1, -0.05) is 11.6 Å². The molecule has 0 radical (unpaired) electrons. The largest absolute Gasteiger partial charge is 0.574 e. The average molecular weight is 264 g/mol. The summed E-state index contributed by atoms with van der Waals surface area (Å²) in [5.41, 5.74) is -1.08. The second-order valence-corrected chi connectivity index (χ2v) is 2.90. The van der Waals surface area contributed by atoms with Crippen LogP contribution in [0, 0.1) is 0 Å². The molecular formula is C7H3ClF5NO2. The van der Waals surface area contributed by atoms with Gasteiger partial charge in [-0.3, -0.25) is 0 Å². The van der Waals surface area contributed by atoms with Crippen molar-refractivity contribution in [2.24, 2.45) is 0 Å². The smallest absolute Gasteiger partial charge is 0.504 e. The quantitative estimate of drug-likeness (QED) is 0.658. The van der Waals surface area contributed by atoms with Gasteiger partial charge in [0, 0.05) is 6.07 Å². The van der Waals surface area contributed by atoms with Crippen molar-refractivity contribution in [1.29, 1.82) is 0 Å². The molecule has 0 aliphatic heterocycles. The lowest BCUT2D eigenvalue weighted by molar-refractivity contribution is -0.276. The molecule has 0 unspecified atom stereocenters. The van der Waals surface area contributed by atoms with E-state index in [1.165, 1.54) is 0 Å². The minimum Gasteiger partial charge on any atom is -0.504 e. The zero-order valence-corrected chi connectivity index (χ0v) is 7.98. The number of ether oxygens (including phenoxy) is 1. The first-order chi connectivity index (χ1) is 7.20. The molecule has 1 aromatic heterocycles. The molecule has 1 aromatic rings. The third-order valence-electron chi connectivity index (χ3n) is 1.41. The third kappa shape index (κ3) is 3.09. The van der Waals surface area contributed by atoms with Crippen LogP contribution in [0.3, 0.4) is 0 Å². The van der Waals surface area contributed by atoms with Crippen molar-refractivity contribution in [3.05, 3.63) is 16.8 Å². The van der Waals surface area contributed by atoms with Crippen molar-refractivity contribution < 1.29 is 31.8 Å². The first kappa shape index (κ1) is 12.8. The van der Waals surface area contributed by atoms with Crippen molar-refractivity contribution in [1.82, 2.24) is 4.98 Å². The highest BCUT2D eigenvalue weighted by Crippen LogP contribution is 2.36. The van der Waals surface area contributed by atoms with E-state index in [1.54, 1.807) is 0 Å². The number of halogens is 6. The number of nitrogens with zero attached hydrogens (tertiary/aromatic N) is 1. The van der Waals surface area contributed by atoms with Gasteiger partial charge in [0.1, 0.15) is 0 Å². The molecule has 9 heteroatoms. The van der Waals surface area contributed by atoms with E-state index >= 15 is 0 Å². The fourth-order valence-corrected chi connectivity index (χ4v) is 1.03. The second kappa shape index (κ2) is 4.28. The SMILES string of the molecule is Oc1c(C(F)F)cc(OC(F)(F)F)nc1Cl. The van der Waals surface area contributed by atoms with Crippen LogP contribution in [0.25, 0.3) is 0 Å². The molecule has 90 valence electrons. The van der Waals surface area contributed by atoms with Crippen LogP contribution in [-0.4, -0.2) is 16.5 Å². The molecule has 0 saturated heterocycles. The van der Waals surface area contributed by atoms with Gasteiger partial charge in [0.2, 0.25) is 5.88 Å². The first-order valence-corrected chi connectivity index (χ1v) is 4.02. The van der Waals surface area contributed by atoms with E-state index in [0.717, 1.165) is 0 Å². The molecule has 0 amide bonds. The number of pyridine rings is 1. The van der Waals surface area contributed by atoms with Gasteiger partial charge in [-0.05, 0) is 0 Å². The Morgan fingerprint density at radius 2 is 1.94 bits per heavy atom. The molecular weight excluding hydrogens is 261 g/mol. The average Bonchev–Trinajstić information content (AvgIpc) is 2.07. The van der Waals surface area contributed by atoms with E-state index < -0.39 is 35.1 Å². The summed E-state index contributed by atoms with van der Waals surface area (Å²) in [6, 6.07) is 0.263. The van der Waals surface area contributed by atoms with Gasteiger partial charge in [0.05, 0.1) is 5.56 Å². The Labute approximate surface area is 90.4 Å². The van der Waals surface area contributed by atoms with Crippen LogP contribution in [0.4, 0.5) is 22.0 Å². The summed E-state index contributed by atoms with van der Waals surface area (Å²) < 4.78 is 63.0. The van der Waals surface area contributed by atoms with Crippen molar-refractivity contribution in [3.8, 4) is 11.6 Å². The summed E-state index contributed by atoms with van der Waals surface area (Å²) in [6.07, 6.45) is -8.27. The summed E-state index contributed by atoms with van der Waals surface area (Å²) in [5, 5.41) is 8.09. The van der Waals surface area contributed by atoms with Crippen molar-refractivity contribution in [2.75, 3.05) is 0 Å². The molecule has 0 spiro atoms. The molecule has 0 aromatic carbocycles. The Morgan fingerprint density at radius 3 is 2.38 bits per heavy atom. The second-order valence-electron chi connectivity index (χ2n) is 2.54. The highest BCUT2D eigenvalue weighted by molar-refractivity contribution is 6.30. The minimum absolute atomic E-state index is 0.263. The van der Waals surface area contributed by atoms with Gasteiger partial charge < -0.3 is 9.84 Å². The Morgan fingerprint density at radius 1 is 1.38 bits per heavy atom. The first-order valence-electron chi connectivity index (χ1n) is 3.64. The lowest BCUT2D eigenvalue weighted by Gasteiger charge is -2.10. The number of rotatable bonds is 2. The van der Waals surface area contributed by atoms with Gasteiger partial charge in [-0.25, -0.2) is 8.78 Å². The highest BCUT2D eigenvalue weighted by Gasteiger charge is 2.33. The van der Waals surface area contributed by atoms with E-state index in [-0.39, 0.29) is 6.07 Å². The third-order valence-corrected chi connectivity index (χ3v) is 1.68. The van der Waals surface area contributed by atoms with Crippen LogP contribution >= 0.6 is 11.6 Å². The van der Waals surface area contributed by atoms with Crippen LogP contribution in [0.5, 0.6) is 11.6 Å². The van der Waals surface area contributed by atoms with Crippen LogP contribution in [0.1, 0.15) is 12.0 Å². The molecule has 3 nitrogen and oxygen atoms in total. The maximum Gasteiger partial charge on any atom is 0.574 e. The molecule has 0 atom stereocenters. The molecule has 0 aliphatic rings. The van der Waals surface area contributed by atoms with Gasteiger partial charge in [-0.15, -0.1) is 13.2 Å². The van der Waals surface area contributed by atoms with Crippen LogP contribution in [0.15, 0.2) is 6.07 Å². The monoisotopic (exact) mass is 263 g/mol. The Kier molecular flexibility index (Phi) is 3.41. The van der Waals surface area contributed by atoms with Crippen LogP contribution < -0.4 is 4.74 Å². The molecule has 16 heavy (non-hydrogen) atoms. The lowest BCUT2D eigenvalue weighted by Crippen LogP contribution is -2.18. The molecule has 0 saturated carbocycles. The Balaban J connectivity index is 3.14. The van der Waals surface area contributed by atoms with Crippen molar-refractivity contribution in [2.45, 2.75) is 12.8 Å². The molecule has 0 aliphatic carbocycles. The number of aromatic nitrogens is 1. The molecule has 0 fully saturated rings. The minimum atomic E-state index is -5.08. The predicted molar refractivity (Wildman–Crippen MR) is 42.6 cm³/mol. The normalized spacial score (nSPS) is 11.9. The van der Waals surface area contributed by atoms with E-state index in [2.05, 4.69) is 9.72 Å². The van der Waals surface area contributed by atoms with Gasteiger partial charge in [0.15, 0.2) is 10.9 Å². The van der Waals surface area contributed by atoms with E-state index in [0.29, 0.717) is 0 Å². The summed E-state index contributed by atoms with van der Waals surface area (Å²) >= 11 is 5.15. The summed E-state index contributed by atoms with van der Waals surface area (Å²) in [7, 11) is 0. The highest BCUT2D eigenvalue weighted by atomic mass is 35.5.